The molecule has 4 nitrogen and oxygen atoms in total. The van der Waals surface area contributed by atoms with Gasteiger partial charge in [0.2, 0.25) is 0 Å². The third kappa shape index (κ3) is 4.34. The first kappa shape index (κ1) is 15.1. The molecule has 2 rings (SSSR count). The highest BCUT2D eigenvalue weighted by atomic mass is 19.3. The Morgan fingerprint density at radius 3 is 2.89 bits per heavy atom. The molecule has 2 aliphatic heterocycles. The summed E-state index contributed by atoms with van der Waals surface area (Å²) < 4.78 is 39.8. The van der Waals surface area contributed by atoms with E-state index in [1.54, 1.807) is 0 Å². The van der Waals surface area contributed by atoms with E-state index in [1.807, 2.05) is 0 Å². The third-order valence-electron chi connectivity index (χ3n) is 3.94. The van der Waals surface area contributed by atoms with Crippen molar-refractivity contribution >= 4 is 0 Å². The second kappa shape index (κ2) is 6.92. The highest BCUT2D eigenvalue weighted by Gasteiger charge is 2.42. The minimum atomic E-state index is -2.45. The summed E-state index contributed by atoms with van der Waals surface area (Å²) in [6.07, 6.45) is -0.106. The predicted molar refractivity (Wildman–Crippen MR) is 64.3 cm³/mol. The van der Waals surface area contributed by atoms with Gasteiger partial charge in [-0.2, -0.15) is 0 Å². The van der Waals surface area contributed by atoms with Crippen LogP contribution < -0.4 is 0 Å². The molecule has 19 heavy (non-hydrogen) atoms. The molecular formula is C13H22F2O4. The van der Waals surface area contributed by atoms with Crippen LogP contribution in [0, 0.1) is 5.92 Å². The maximum Gasteiger partial charge on any atom is 0.261 e. The number of ether oxygens (including phenoxy) is 3. The Labute approximate surface area is 112 Å². The molecule has 0 amide bonds. The van der Waals surface area contributed by atoms with Crippen LogP contribution in [0.5, 0.6) is 0 Å². The average molecular weight is 280 g/mol. The largest absolute Gasteiger partial charge is 0.393 e. The molecule has 3 atom stereocenters. The van der Waals surface area contributed by atoms with Gasteiger partial charge in [0.1, 0.15) is 6.61 Å². The lowest BCUT2D eigenvalue weighted by atomic mass is 9.81. The van der Waals surface area contributed by atoms with Crippen molar-refractivity contribution in [2.75, 3.05) is 33.0 Å². The lowest BCUT2D eigenvalue weighted by Gasteiger charge is -2.39. The minimum absolute atomic E-state index is 0.144. The van der Waals surface area contributed by atoms with Gasteiger partial charge in [-0.25, -0.2) is 8.78 Å². The fourth-order valence-corrected chi connectivity index (χ4v) is 2.87. The molecule has 0 radical (unpaired) electrons. The van der Waals surface area contributed by atoms with Crippen molar-refractivity contribution in [3.8, 4) is 0 Å². The molecule has 1 N–H and O–H groups in total. The smallest absolute Gasteiger partial charge is 0.261 e. The van der Waals surface area contributed by atoms with Crippen molar-refractivity contribution in [2.45, 2.75) is 43.8 Å². The zero-order valence-electron chi connectivity index (χ0n) is 11.0. The zero-order valence-corrected chi connectivity index (χ0v) is 11.0. The van der Waals surface area contributed by atoms with E-state index in [-0.39, 0.29) is 18.1 Å². The number of hydrogen-bond acceptors (Lipinski definition) is 4. The highest BCUT2D eigenvalue weighted by molar-refractivity contribution is 4.92. The number of aliphatic hydroxyl groups excluding tert-OH is 1. The van der Waals surface area contributed by atoms with Gasteiger partial charge in [0, 0.05) is 26.2 Å². The normalized spacial score (nSPS) is 33.2. The lowest BCUT2D eigenvalue weighted by Crippen LogP contribution is -2.43. The van der Waals surface area contributed by atoms with Gasteiger partial charge in [0.25, 0.3) is 6.43 Å². The summed E-state index contributed by atoms with van der Waals surface area (Å²) in [6, 6.07) is 0. The summed E-state index contributed by atoms with van der Waals surface area (Å²) in [6.45, 7) is 1.55. The Morgan fingerprint density at radius 2 is 2.21 bits per heavy atom. The van der Waals surface area contributed by atoms with Gasteiger partial charge in [-0.3, -0.25) is 0 Å². The molecule has 0 saturated carbocycles. The predicted octanol–water partition coefficient (Wildman–Crippen LogP) is 1.60. The summed E-state index contributed by atoms with van der Waals surface area (Å²) in [5, 5.41) is 10.1. The molecule has 2 saturated heterocycles. The molecule has 3 unspecified atom stereocenters. The quantitative estimate of drug-likeness (QED) is 0.751. The van der Waals surface area contributed by atoms with E-state index in [1.165, 1.54) is 0 Å². The van der Waals surface area contributed by atoms with Crippen LogP contribution in [0.15, 0.2) is 0 Å². The maximum absolute atomic E-state index is 11.9. The van der Waals surface area contributed by atoms with E-state index in [9.17, 15) is 13.9 Å². The first-order valence-corrected chi connectivity index (χ1v) is 6.87. The van der Waals surface area contributed by atoms with Gasteiger partial charge in [-0.1, -0.05) is 0 Å². The molecule has 0 aromatic rings. The number of hydrogen-bond donors (Lipinski definition) is 1. The molecule has 2 aliphatic rings. The van der Waals surface area contributed by atoms with E-state index >= 15 is 0 Å². The molecule has 112 valence electrons. The summed E-state index contributed by atoms with van der Waals surface area (Å²) in [7, 11) is 0. The second-order valence-corrected chi connectivity index (χ2v) is 5.41. The van der Waals surface area contributed by atoms with Crippen LogP contribution in [-0.4, -0.2) is 56.3 Å². The zero-order chi connectivity index (χ0) is 13.7. The number of halogens is 2. The van der Waals surface area contributed by atoms with E-state index < -0.39 is 19.1 Å². The summed E-state index contributed by atoms with van der Waals surface area (Å²) in [5.74, 6) is 0.144. The fraction of sp³-hybridized carbons (Fsp3) is 1.00. The van der Waals surface area contributed by atoms with Crippen LogP contribution in [0.1, 0.15) is 25.7 Å². The Kier molecular flexibility index (Phi) is 5.50. The first-order valence-electron chi connectivity index (χ1n) is 6.87. The topological polar surface area (TPSA) is 47.9 Å². The van der Waals surface area contributed by atoms with Crippen LogP contribution in [0.2, 0.25) is 0 Å². The summed E-state index contributed by atoms with van der Waals surface area (Å²) in [5.41, 5.74) is -0.228. The van der Waals surface area contributed by atoms with Crippen LogP contribution in [0.25, 0.3) is 0 Å². The standard InChI is InChI=1S/C13H22F2O4/c14-12(15)8-17-4-2-11(16)10-1-5-19-13(7-10)3-6-18-9-13/h10-12,16H,1-9H2. The van der Waals surface area contributed by atoms with Crippen molar-refractivity contribution < 1.29 is 28.1 Å². The van der Waals surface area contributed by atoms with Crippen LogP contribution in [0.4, 0.5) is 8.78 Å². The van der Waals surface area contributed by atoms with Crippen LogP contribution in [-0.2, 0) is 14.2 Å². The van der Waals surface area contributed by atoms with E-state index in [4.69, 9.17) is 14.2 Å². The van der Waals surface area contributed by atoms with Crippen molar-refractivity contribution in [1.82, 2.24) is 0 Å². The third-order valence-corrected chi connectivity index (χ3v) is 3.94. The molecule has 0 aromatic heterocycles. The van der Waals surface area contributed by atoms with Gasteiger partial charge in [0.05, 0.1) is 18.3 Å². The molecule has 0 bridgehead atoms. The molecule has 0 aromatic carbocycles. The maximum atomic E-state index is 11.9. The molecular weight excluding hydrogens is 258 g/mol. The van der Waals surface area contributed by atoms with E-state index in [0.29, 0.717) is 26.2 Å². The SMILES string of the molecule is OC(CCOCC(F)F)C1CCOC2(CCOC2)C1. The van der Waals surface area contributed by atoms with Crippen molar-refractivity contribution in [2.24, 2.45) is 5.92 Å². The second-order valence-electron chi connectivity index (χ2n) is 5.41. The van der Waals surface area contributed by atoms with Crippen molar-refractivity contribution in [3.05, 3.63) is 0 Å². The van der Waals surface area contributed by atoms with Gasteiger partial charge in [-0.05, 0) is 25.2 Å². The molecule has 1 spiro atoms. The van der Waals surface area contributed by atoms with Gasteiger partial charge in [-0.15, -0.1) is 0 Å². The van der Waals surface area contributed by atoms with Gasteiger partial charge in [0.15, 0.2) is 0 Å². The summed E-state index contributed by atoms with van der Waals surface area (Å²) >= 11 is 0. The Hall–Kier alpha value is -0.300. The molecule has 6 heteroatoms. The Bertz CT molecular complexity index is 269. The first-order chi connectivity index (χ1) is 9.11. The summed E-state index contributed by atoms with van der Waals surface area (Å²) in [4.78, 5) is 0. The fourth-order valence-electron chi connectivity index (χ4n) is 2.87. The van der Waals surface area contributed by atoms with E-state index in [2.05, 4.69) is 0 Å². The van der Waals surface area contributed by atoms with Gasteiger partial charge < -0.3 is 19.3 Å². The molecule has 2 fully saturated rings. The number of rotatable bonds is 6. The van der Waals surface area contributed by atoms with Gasteiger partial charge >= 0.3 is 0 Å². The Morgan fingerprint density at radius 1 is 1.37 bits per heavy atom. The highest BCUT2D eigenvalue weighted by Crippen LogP contribution is 2.37. The number of aliphatic hydroxyl groups is 1. The van der Waals surface area contributed by atoms with Crippen molar-refractivity contribution in [1.29, 1.82) is 0 Å². The average Bonchev–Trinajstić information content (AvgIpc) is 2.82. The Balaban J connectivity index is 1.71. The molecule has 2 heterocycles. The number of alkyl halides is 2. The van der Waals surface area contributed by atoms with Crippen LogP contribution >= 0.6 is 0 Å². The minimum Gasteiger partial charge on any atom is -0.393 e. The molecule has 0 aliphatic carbocycles. The van der Waals surface area contributed by atoms with E-state index in [0.717, 1.165) is 19.3 Å². The van der Waals surface area contributed by atoms with Crippen LogP contribution in [0.3, 0.4) is 0 Å². The monoisotopic (exact) mass is 280 g/mol. The van der Waals surface area contributed by atoms with Crippen molar-refractivity contribution in [3.63, 3.8) is 0 Å². The lowest BCUT2D eigenvalue weighted by molar-refractivity contribution is -0.119.